The molecule has 0 radical (unpaired) electrons. The molecule has 0 unspecified atom stereocenters. The van der Waals surface area contributed by atoms with E-state index in [9.17, 15) is 5.11 Å². The first-order chi connectivity index (χ1) is 16.6. The van der Waals surface area contributed by atoms with Crippen LogP contribution in [0.3, 0.4) is 0 Å². The van der Waals surface area contributed by atoms with E-state index in [0.717, 1.165) is 72.8 Å². The highest BCUT2D eigenvalue weighted by Gasteiger charge is 2.47. The zero-order valence-corrected chi connectivity index (χ0v) is 20.3. The first-order valence-corrected chi connectivity index (χ1v) is 13.0. The molecule has 10 heteroatoms. The number of piperidine rings is 1. The van der Waals surface area contributed by atoms with Crippen LogP contribution in [-0.2, 0) is 11.3 Å². The second-order valence-corrected chi connectivity index (χ2v) is 11.0. The molecule has 2 aromatic rings. The van der Waals surface area contributed by atoms with Gasteiger partial charge in [-0.1, -0.05) is 11.8 Å². The molecule has 3 N–H and O–H groups in total. The van der Waals surface area contributed by atoms with Crippen LogP contribution in [0, 0.1) is 5.41 Å². The minimum absolute atomic E-state index is 0.0489. The van der Waals surface area contributed by atoms with Crippen LogP contribution in [0.2, 0.25) is 0 Å². The largest absolute Gasteiger partial charge is 0.486 e. The molecule has 4 aliphatic rings. The molecule has 3 fully saturated rings. The van der Waals surface area contributed by atoms with Crippen molar-refractivity contribution in [1.82, 2.24) is 15.0 Å². The molecule has 0 saturated carbocycles. The van der Waals surface area contributed by atoms with Gasteiger partial charge in [0.2, 0.25) is 0 Å². The third-order valence-electron chi connectivity index (χ3n) is 7.99. The van der Waals surface area contributed by atoms with Gasteiger partial charge in [-0.25, -0.2) is 15.0 Å². The van der Waals surface area contributed by atoms with Crippen molar-refractivity contribution in [3.8, 4) is 5.75 Å². The predicted octanol–water partition coefficient (Wildman–Crippen LogP) is 2.21. The van der Waals surface area contributed by atoms with Gasteiger partial charge in [0.05, 0.1) is 36.5 Å². The molecule has 0 amide bonds. The minimum Gasteiger partial charge on any atom is -0.486 e. The molecular formula is C24H32N6O3S. The number of fused-ring (bicyclic) bond motifs is 3. The number of nitrogens with zero attached hydrogens (tertiary/aromatic N) is 5. The number of aliphatic hydroxyl groups is 1. The Morgan fingerprint density at radius 3 is 2.85 bits per heavy atom. The number of aliphatic hydroxyl groups excluding tert-OH is 1. The summed E-state index contributed by atoms with van der Waals surface area (Å²) >= 11 is 1.51. The summed E-state index contributed by atoms with van der Waals surface area (Å²) in [4.78, 5) is 19.7. The third kappa shape index (κ3) is 3.71. The number of nitrogens with two attached hydrogens (primary N) is 1. The Labute approximate surface area is 204 Å². The monoisotopic (exact) mass is 484 g/mol. The van der Waals surface area contributed by atoms with Crippen molar-refractivity contribution < 1.29 is 14.6 Å². The van der Waals surface area contributed by atoms with Gasteiger partial charge >= 0.3 is 0 Å². The maximum atomic E-state index is 10.1. The summed E-state index contributed by atoms with van der Waals surface area (Å²) in [6, 6.07) is 2.46. The molecule has 0 bridgehead atoms. The quantitative estimate of drug-likeness (QED) is 0.670. The van der Waals surface area contributed by atoms with E-state index in [2.05, 4.69) is 21.7 Å². The highest BCUT2D eigenvalue weighted by Crippen LogP contribution is 2.45. The van der Waals surface area contributed by atoms with E-state index in [4.69, 9.17) is 25.2 Å². The fraction of sp³-hybridized carbons (Fsp3) is 0.625. The van der Waals surface area contributed by atoms with Crippen molar-refractivity contribution in [2.45, 2.75) is 67.3 Å². The molecule has 4 aliphatic heterocycles. The summed E-state index contributed by atoms with van der Waals surface area (Å²) in [5, 5.41) is 10.8. The van der Waals surface area contributed by atoms with E-state index in [0.29, 0.717) is 18.3 Å². The summed E-state index contributed by atoms with van der Waals surface area (Å²) in [5.74, 6) is 2.51. The van der Waals surface area contributed by atoms with Crippen molar-refractivity contribution in [2.24, 2.45) is 11.1 Å². The van der Waals surface area contributed by atoms with Crippen LogP contribution in [0.15, 0.2) is 28.4 Å². The standard InChI is InChI=1S/C24H32N6O3S/c1-15-21(25)24(14-33-15)5-9-29(10-6-24)22-17(12-31)28-19(11-27-22)34-18-4-7-26-23-20(18)32-13-16-3-2-8-30(16)23/h4,7,11,15-16,21,31H,2-3,5-6,8-10,12-14,25H2,1H3/t15-,16+,21+/m0/s1. The van der Waals surface area contributed by atoms with E-state index < -0.39 is 0 Å². The van der Waals surface area contributed by atoms with Gasteiger partial charge in [0.15, 0.2) is 17.4 Å². The average Bonchev–Trinajstić information content (AvgIpc) is 3.46. The summed E-state index contributed by atoms with van der Waals surface area (Å²) in [7, 11) is 0. The molecule has 9 nitrogen and oxygen atoms in total. The van der Waals surface area contributed by atoms with Crippen molar-refractivity contribution in [3.05, 3.63) is 24.2 Å². The van der Waals surface area contributed by atoms with Gasteiger partial charge in [-0.3, -0.25) is 0 Å². The van der Waals surface area contributed by atoms with Crippen LogP contribution in [0.1, 0.15) is 38.3 Å². The average molecular weight is 485 g/mol. The molecule has 3 saturated heterocycles. The molecule has 6 rings (SSSR count). The van der Waals surface area contributed by atoms with Crippen LogP contribution in [0.5, 0.6) is 5.75 Å². The first kappa shape index (κ1) is 22.3. The maximum absolute atomic E-state index is 10.1. The molecule has 182 valence electrons. The van der Waals surface area contributed by atoms with Crippen LogP contribution in [-0.4, -0.2) is 71.1 Å². The fourth-order valence-electron chi connectivity index (χ4n) is 5.88. The molecule has 34 heavy (non-hydrogen) atoms. The van der Waals surface area contributed by atoms with Gasteiger partial charge in [-0.15, -0.1) is 0 Å². The van der Waals surface area contributed by atoms with Gasteiger partial charge in [0.1, 0.15) is 17.3 Å². The second-order valence-electron chi connectivity index (χ2n) is 9.89. The Morgan fingerprint density at radius 1 is 1.24 bits per heavy atom. The van der Waals surface area contributed by atoms with E-state index >= 15 is 0 Å². The van der Waals surface area contributed by atoms with Gasteiger partial charge < -0.3 is 30.1 Å². The third-order valence-corrected chi connectivity index (χ3v) is 8.94. The Balaban J connectivity index is 1.20. The predicted molar refractivity (Wildman–Crippen MR) is 129 cm³/mol. The summed E-state index contributed by atoms with van der Waals surface area (Å²) < 4.78 is 12.0. The Bertz CT molecular complexity index is 1060. The van der Waals surface area contributed by atoms with E-state index in [1.165, 1.54) is 18.2 Å². The number of pyridine rings is 1. The lowest BCUT2D eigenvalue weighted by atomic mass is 9.73. The zero-order valence-electron chi connectivity index (χ0n) is 19.5. The van der Waals surface area contributed by atoms with Crippen molar-refractivity contribution in [2.75, 3.05) is 42.6 Å². The lowest BCUT2D eigenvalue weighted by Gasteiger charge is -2.41. The zero-order chi connectivity index (χ0) is 23.3. The van der Waals surface area contributed by atoms with Crippen molar-refractivity contribution in [1.29, 1.82) is 0 Å². The first-order valence-electron chi connectivity index (χ1n) is 12.2. The molecule has 0 aromatic carbocycles. The minimum atomic E-state index is -0.154. The summed E-state index contributed by atoms with van der Waals surface area (Å²) in [6.45, 7) is 6.03. The number of hydrogen-bond acceptors (Lipinski definition) is 10. The fourth-order valence-corrected chi connectivity index (χ4v) is 6.74. The number of aromatic nitrogens is 3. The Kier molecular flexibility index (Phi) is 5.79. The van der Waals surface area contributed by atoms with Crippen molar-refractivity contribution in [3.63, 3.8) is 0 Å². The lowest BCUT2D eigenvalue weighted by Crippen LogP contribution is -2.51. The second kappa shape index (κ2) is 8.82. The Hall–Kier alpha value is -2.14. The molecule has 6 heterocycles. The smallest absolute Gasteiger partial charge is 0.175 e. The van der Waals surface area contributed by atoms with Gasteiger partial charge in [-0.05, 0) is 38.7 Å². The normalized spacial score (nSPS) is 27.6. The number of rotatable bonds is 4. The van der Waals surface area contributed by atoms with Crippen LogP contribution < -0.4 is 20.3 Å². The Morgan fingerprint density at radius 2 is 2.09 bits per heavy atom. The number of anilines is 2. The van der Waals surface area contributed by atoms with Crippen LogP contribution in [0.4, 0.5) is 11.6 Å². The number of hydrogen-bond donors (Lipinski definition) is 2. The maximum Gasteiger partial charge on any atom is 0.175 e. The lowest BCUT2D eigenvalue weighted by molar-refractivity contribution is 0.0973. The van der Waals surface area contributed by atoms with E-state index in [-0.39, 0.29) is 24.2 Å². The molecule has 3 atom stereocenters. The van der Waals surface area contributed by atoms with Crippen LogP contribution in [0.25, 0.3) is 0 Å². The molecule has 0 aliphatic carbocycles. The summed E-state index contributed by atoms with van der Waals surface area (Å²) in [6.07, 6.45) is 7.98. The van der Waals surface area contributed by atoms with E-state index in [1.807, 2.05) is 12.3 Å². The topological polar surface area (TPSA) is 110 Å². The molecular weight excluding hydrogens is 452 g/mol. The van der Waals surface area contributed by atoms with Crippen molar-refractivity contribution >= 4 is 23.4 Å². The molecule has 2 aromatic heterocycles. The van der Waals surface area contributed by atoms with Gasteiger partial charge in [0.25, 0.3) is 0 Å². The van der Waals surface area contributed by atoms with E-state index in [1.54, 1.807) is 6.20 Å². The van der Waals surface area contributed by atoms with Crippen LogP contribution >= 0.6 is 11.8 Å². The van der Waals surface area contributed by atoms with Gasteiger partial charge in [-0.2, -0.15) is 0 Å². The number of ether oxygens (including phenoxy) is 2. The summed E-state index contributed by atoms with van der Waals surface area (Å²) in [5.41, 5.74) is 7.12. The highest BCUT2D eigenvalue weighted by atomic mass is 32.2. The SMILES string of the molecule is C[C@@H]1OCC2(CCN(c3ncc(Sc4ccnc5c4OC[C@H]4CCCN54)nc3CO)CC2)[C@@H]1N. The van der Waals surface area contributed by atoms with Gasteiger partial charge in [0, 0.05) is 37.3 Å². The molecule has 1 spiro atoms. The highest BCUT2D eigenvalue weighted by molar-refractivity contribution is 7.99.